The van der Waals surface area contributed by atoms with Gasteiger partial charge in [-0.1, -0.05) is 24.5 Å². The molecule has 1 nitrogen and oxygen atoms in total. The van der Waals surface area contributed by atoms with Gasteiger partial charge in [0.15, 0.2) is 0 Å². The van der Waals surface area contributed by atoms with E-state index in [-0.39, 0.29) is 36.7 Å². The first-order valence-corrected chi connectivity index (χ1v) is 4.62. The van der Waals surface area contributed by atoms with E-state index in [1.165, 1.54) is 12.1 Å². The van der Waals surface area contributed by atoms with Crippen LogP contribution in [0.3, 0.4) is 0 Å². The van der Waals surface area contributed by atoms with Gasteiger partial charge in [-0.05, 0) is 19.3 Å². The Balaban J connectivity index is 0.00000225. The summed E-state index contributed by atoms with van der Waals surface area (Å²) in [6, 6.07) is 2.03. The van der Waals surface area contributed by atoms with Crippen molar-refractivity contribution in [3.8, 4) is 0 Å². The first kappa shape index (κ1) is 15.5. The molecule has 0 atom stereocenters. The summed E-state index contributed by atoms with van der Waals surface area (Å²) >= 11 is 0. The van der Waals surface area contributed by atoms with Crippen LogP contribution in [0.5, 0.6) is 0 Å². The Hall–Kier alpha value is -0.458. The van der Waals surface area contributed by atoms with E-state index in [1.54, 1.807) is 20.1 Å². The number of halogens is 2. The molecular formula is C12H11F2OU-. The molecule has 0 radical (unpaired) electrons. The molecule has 1 rings (SSSR count). The third-order valence-corrected chi connectivity index (χ3v) is 2.13. The van der Waals surface area contributed by atoms with E-state index in [0.29, 0.717) is 17.6 Å². The third-order valence-electron chi connectivity index (χ3n) is 2.13. The number of rotatable bonds is 3. The van der Waals surface area contributed by atoms with Gasteiger partial charge in [0.25, 0.3) is 0 Å². The van der Waals surface area contributed by atoms with E-state index >= 15 is 0 Å². The molecule has 0 aliphatic heterocycles. The van der Waals surface area contributed by atoms with Crippen LogP contribution in [-0.2, 0) is 4.79 Å². The zero-order valence-electron chi connectivity index (χ0n) is 9.10. The summed E-state index contributed by atoms with van der Waals surface area (Å²) in [7, 11) is 0. The fraction of sp³-hybridized carbons (Fsp3) is 0.250. The molecule has 0 aliphatic carbocycles. The number of hydrogen-bond donors (Lipinski definition) is 0. The predicted molar refractivity (Wildman–Crippen MR) is 55.1 cm³/mol. The second-order valence-corrected chi connectivity index (χ2v) is 3.24. The number of allylic oxidation sites excluding steroid dienone is 1. The molecule has 16 heavy (non-hydrogen) atoms. The second-order valence-electron chi connectivity index (χ2n) is 3.24. The Morgan fingerprint density at radius 3 is 2.50 bits per heavy atom. The van der Waals surface area contributed by atoms with E-state index in [4.69, 9.17) is 0 Å². The van der Waals surface area contributed by atoms with Gasteiger partial charge in [0, 0.05) is 37.2 Å². The molecule has 84 valence electrons. The van der Waals surface area contributed by atoms with Crippen molar-refractivity contribution in [1.82, 2.24) is 0 Å². The van der Waals surface area contributed by atoms with E-state index < -0.39 is 11.6 Å². The monoisotopic (exact) mass is 447 g/mol. The number of aryl methyl sites for hydroxylation is 1. The number of hydrogen-bond acceptors (Lipinski definition) is 1. The Morgan fingerprint density at radius 1 is 1.44 bits per heavy atom. The molecule has 0 amide bonds. The van der Waals surface area contributed by atoms with Gasteiger partial charge in [-0.25, -0.2) is 8.78 Å². The molecule has 4 heteroatoms. The van der Waals surface area contributed by atoms with Crippen molar-refractivity contribution in [2.45, 2.75) is 20.3 Å². The number of benzene rings is 1. The summed E-state index contributed by atoms with van der Waals surface area (Å²) < 4.78 is 26.1. The average Bonchev–Trinajstić information content (AvgIpc) is 2.17. The van der Waals surface area contributed by atoms with Crippen molar-refractivity contribution in [2.24, 2.45) is 0 Å². The molecule has 0 saturated carbocycles. The van der Waals surface area contributed by atoms with Gasteiger partial charge >= 0.3 is 0 Å². The Kier molecular flexibility index (Phi) is 6.78. The molecule has 0 aliphatic rings. The minimum atomic E-state index is -0.659. The summed E-state index contributed by atoms with van der Waals surface area (Å²) in [5.74, 6) is -1.27. The molecule has 0 spiro atoms. The van der Waals surface area contributed by atoms with Crippen molar-refractivity contribution in [3.05, 3.63) is 40.5 Å². The van der Waals surface area contributed by atoms with E-state index in [2.05, 4.69) is 0 Å². The van der Waals surface area contributed by atoms with Crippen LogP contribution in [0.1, 0.15) is 24.5 Å². The molecule has 0 bridgehead atoms. The molecule has 0 aromatic heterocycles. The summed E-state index contributed by atoms with van der Waals surface area (Å²) in [6.07, 6.45) is 3.59. The maximum absolute atomic E-state index is 13.3. The minimum Gasteiger partial charge on any atom is -0.419 e. The average molecular weight is 447 g/mol. The van der Waals surface area contributed by atoms with Gasteiger partial charge < -0.3 is 4.79 Å². The maximum atomic E-state index is 13.3. The third kappa shape index (κ3) is 3.84. The molecule has 0 fully saturated rings. The minimum absolute atomic E-state index is 0. The van der Waals surface area contributed by atoms with Crippen molar-refractivity contribution >= 4 is 12.4 Å². The molecular weight excluding hydrogens is 436 g/mol. The largest absolute Gasteiger partial charge is 0.419 e. The summed E-state index contributed by atoms with van der Waals surface area (Å²) in [5, 5.41) is 0. The van der Waals surface area contributed by atoms with Gasteiger partial charge in [-0.3, -0.25) is 0 Å². The first-order chi connectivity index (χ1) is 7.08. The van der Waals surface area contributed by atoms with Crippen LogP contribution >= 0.6 is 0 Å². The van der Waals surface area contributed by atoms with Crippen molar-refractivity contribution < 1.29 is 44.7 Å². The van der Waals surface area contributed by atoms with Gasteiger partial charge in [0.05, 0.1) is 0 Å². The van der Waals surface area contributed by atoms with Gasteiger partial charge in [-0.15, -0.1) is 0 Å². The van der Waals surface area contributed by atoms with Gasteiger partial charge in [-0.2, -0.15) is 11.6 Å². The summed E-state index contributed by atoms with van der Waals surface area (Å²) in [6.45, 7) is 3.36. The quantitative estimate of drug-likeness (QED) is 0.514. The summed E-state index contributed by atoms with van der Waals surface area (Å²) in [4.78, 5) is 10.4. The van der Waals surface area contributed by atoms with Crippen LogP contribution < -0.4 is 0 Å². The normalized spacial score (nSPS) is 10.9. The predicted octanol–water partition coefficient (Wildman–Crippen LogP) is 3.18. The van der Waals surface area contributed by atoms with Crippen LogP contribution in [0, 0.1) is 49.7 Å². The van der Waals surface area contributed by atoms with E-state index in [9.17, 15) is 13.6 Å². The molecule has 0 heterocycles. The Labute approximate surface area is 117 Å². The smallest absolute Gasteiger partial charge is 0.126 e. The summed E-state index contributed by atoms with van der Waals surface area (Å²) in [5.41, 5.74) is 1.08. The zero-order chi connectivity index (χ0) is 11.4. The zero-order valence-corrected chi connectivity index (χ0v) is 13.3. The topological polar surface area (TPSA) is 17.1 Å². The number of carbonyl (C=O) groups excluding carboxylic acids is 1. The fourth-order valence-corrected chi connectivity index (χ4v) is 1.27. The van der Waals surface area contributed by atoms with Crippen LogP contribution in [0.25, 0.3) is 6.08 Å². The second kappa shape index (κ2) is 6.98. The molecule has 0 N–H and O–H groups in total. The van der Waals surface area contributed by atoms with Crippen LogP contribution in [-0.4, -0.2) is 6.29 Å². The molecule has 1 aromatic rings. The Bertz CT molecular complexity index is 390. The molecule has 0 saturated heterocycles. The van der Waals surface area contributed by atoms with Gasteiger partial charge in [0.2, 0.25) is 0 Å². The molecule has 1 aromatic carbocycles. The van der Waals surface area contributed by atoms with Crippen molar-refractivity contribution in [2.75, 3.05) is 0 Å². The van der Waals surface area contributed by atoms with Gasteiger partial charge in [0.1, 0.15) is 11.6 Å². The van der Waals surface area contributed by atoms with Crippen LogP contribution in [0.15, 0.2) is 17.7 Å². The SMILES string of the molecule is CC/C([C-]=O)=C\c1c(C)cc(F)cc1F.[U]. The van der Waals surface area contributed by atoms with Crippen molar-refractivity contribution in [3.63, 3.8) is 0 Å². The first-order valence-electron chi connectivity index (χ1n) is 4.62. The van der Waals surface area contributed by atoms with E-state index in [0.717, 1.165) is 6.07 Å². The van der Waals surface area contributed by atoms with E-state index in [1.807, 2.05) is 0 Å². The standard InChI is InChI=1S/C12H11F2O.U/c1-3-9(7-15)5-11-8(2)4-10(13)6-12(11)14;/h4-6H,3H2,1-2H3;/q-1;/b9-5+;. The fourth-order valence-electron chi connectivity index (χ4n) is 1.27. The van der Waals surface area contributed by atoms with Crippen LogP contribution in [0.4, 0.5) is 8.78 Å². The molecule has 0 unspecified atom stereocenters. The van der Waals surface area contributed by atoms with Crippen molar-refractivity contribution in [1.29, 1.82) is 0 Å². The Morgan fingerprint density at radius 2 is 2.06 bits per heavy atom. The maximum Gasteiger partial charge on any atom is 0.126 e. The van der Waals surface area contributed by atoms with Crippen LogP contribution in [0.2, 0.25) is 0 Å².